The minimum Gasteiger partial charge on any atom is -0.364 e. The molecule has 0 fully saturated rings. The average Bonchev–Trinajstić information content (AvgIpc) is 2.97. The fourth-order valence-corrected chi connectivity index (χ4v) is 3.90. The quantitative estimate of drug-likeness (QED) is 0.647. The lowest BCUT2D eigenvalue weighted by molar-refractivity contribution is 0.601. The van der Waals surface area contributed by atoms with Crippen LogP contribution < -0.4 is 10.0 Å². The molecule has 0 atom stereocenters. The molecule has 0 spiro atoms. The van der Waals surface area contributed by atoms with Crippen molar-refractivity contribution in [2.45, 2.75) is 31.2 Å². The predicted molar refractivity (Wildman–Crippen MR) is 108 cm³/mol. The van der Waals surface area contributed by atoms with Crippen molar-refractivity contribution in [1.29, 1.82) is 0 Å². The number of rotatable bonds is 7. The predicted octanol–water partition coefficient (Wildman–Crippen LogP) is 3.96. The van der Waals surface area contributed by atoms with Crippen LogP contribution in [0.15, 0.2) is 65.6 Å². The molecule has 0 aliphatic rings. The van der Waals surface area contributed by atoms with Gasteiger partial charge in [0, 0.05) is 19.5 Å². The Morgan fingerprint density at radius 3 is 2.19 bits per heavy atom. The number of hydrogen-bond donors (Lipinski definition) is 2. The zero-order valence-corrected chi connectivity index (χ0v) is 16.5. The molecule has 2 aromatic carbocycles. The molecule has 142 valence electrons. The molecular formula is C20H24N4O2S. The van der Waals surface area contributed by atoms with E-state index in [2.05, 4.69) is 15.0 Å². The monoisotopic (exact) mass is 384 g/mol. The van der Waals surface area contributed by atoms with Crippen LogP contribution in [0, 0.1) is 0 Å². The van der Waals surface area contributed by atoms with Gasteiger partial charge in [0.05, 0.1) is 4.90 Å². The highest BCUT2D eigenvalue weighted by Gasteiger charge is 2.22. The van der Waals surface area contributed by atoms with Gasteiger partial charge in [-0.2, -0.15) is 0 Å². The zero-order chi connectivity index (χ0) is 19.4. The number of anilines is 2. The number of sulfonamides is 1. The smallest absolute Gasteiger partial charge is 0.263 e. The molecule has 1 heterocycles. The first-order chi connectivity index (χ1) is 12.9. The number of imidazole rings is 1. The standard InChI is InChI=1S/C20H24N4O2S/c1-15(2)19-22-18(23-27(25,26)17-12-8-5-9-13-17)20(24(19)3)21-14-16-10-6-4-7-11-16/h4-13,15,21,23H,14H2,1-3H3. The van der Waals surface area contributed by atoms with E-state index in [1.54, 1.807) is 30.3 Å². The number of nitrogens with zero attached hydrogens (tertiary/aromatic N) is 2. The summed E-state index contributed by atoms with van der Waals surface area (Å²) in [6, 6.07) is 18.2. The number of nitrogens with one attached hydrogen (secondary N) is 2. The molecule has 27 heavy (non-hydrogen) atoms. The van der Waals surface area contributed by atoms with E-state index in [-0.39, 0.29) is 10.8 Å². The van der Waals surface area contributed by atoms with Gasteiger partial charge < -0.3 is 9.88 Å². The van der Waals surface area contributed by atoms with Crippen molar-refractivity contribution in [3.8, 4) is 0 Å². The fraction of sp³-hybridized carbons (Fsp3) is 0.250. The average molecular weight is 385 g/mol. The molecule has 3 aromatic rings. The summed E-state index contributed by atoms with van der Waals surface area (Å²) >= 11 is 0. The maximum Gasteiger partial charge on any atom is 0.263 e. The minimum absolute atomic E-state index is 0.155. The maximum atomic E-state index is 12.7. The van der Waals surface area contributed by atoms with E-state index in [9.17, 15) is 8.42 Å². The Morgan fingerprint density at radius 2 is 1.59 bits per heavy atom. The van der Waals surface area contributed by atoms with Crippen molar-refractivity contribution in [1.82, 2.24) is 9.55 Å². The Labute approximate surface area is 160 Å². The highest BCUT2D eigenvalue weighted by molar-refractivity contribution is 7.92. The molecular weight excluding hydrogens is 360 g/mol. The summed E-state index contributed by atoms with van der Waals surface area (Å²) in [7, 11) is -1.83. The molecule has 0 saturated carbocycles. The van der Waals surface area contributed by atoms with Crippen molar-refractivity contribution in [2.24, 2.45) is 7.05 Å². The zero-order valence-electron chi connectivity index (χ0n) is 15.7. The highest BCUT2D eigenvalue weighted by atomic mass is 32.2. The first-order valence-corrected chi connectivity index (χ1v) is 10.3. The largest absolute Gasteiger partial charge is 0.364 e. The highest BCUT2D eigenvalue weighted by Crippen LogP contribution is 2.28. The van der Waals surface area contributed by atoms with Crippen LogP contribution in [-0.2, 0) is 23.6 Å². The van der Waals surface area contributed by atoms with Gasteiger partial charge in [0.2, 0.25) is 0 Å². The second kappa shape index (κ2) is 7.84. The molecule has 1 aromatic heterocycles. The molecule has 0 unspecified atom stereocenters. The van der Waals surface area contributed by atoms with E-state index < -0.39 is 10.0 Å². The van der Waals surface area contributed by atoms with Gasteiger partial charge in [0.15, 0.2) is 11.6 Å². The summed E-state index contributed by atoms with van der Waals surface area (Å²) in [5, 5.41) is 3.32. The van der Waals surface area contributed by atoms with E-state index in [0.29, 0.717) is 18.2 Å². The van der Waals surface area contributed by atoms with Crippen LogP contribution in [0.3, 0.4) is 0 Å². The Kier molecular flexibility index (Phi) is 5.51. The van der Waals surface area contributed by atoms with Gasteiger partial charge in [-0.05, 0) is 17.7 Å². The lowest BCUT2D eigenvalue weighted by atomic mass is 10.2. The van der Waals surface area contributed by atoms with E-state index >= 15 is 0 Å². The van der Waals surface area contributed by atoms with E-state index in [1.165, 1.54) is 0 Å². The summed E-state index contributed by atoms with van der Waals surface area (Å²) in [6.07, 6.45) is 0. The van der Waals surface area contributed by atoms with Gasteiger partial charge in [-0.15, -0.1) is 0 Å². The van der Waals surface area contributed by atoms with Crippen LogP contribution in [-0.4, -0.2) is 18.0 Å². The number of benzene rings is 2. The van der Waals surface area contributed by atoms with Gasteiger partial charge in [0.1, 0.15) is 5.82 Å². The summed E-state index contributed by atoms with van der Waals surface area (Å²) < 4.78 is 30.0. The van der Waals surface area contributed by atoms with Crippen molar-refractivity contribution in [2.75, 3.05) is 10.0 Å². The van der Waals surface area contributed by atoms with Crippen LogP contribution >= 0.6 is 0 Å². The third-order valence-corrected chi connectivity index (χ3v) is 5.59. The fourth-order valence-electron chi connectivity index (χ4n) is 2.87. The number of hydrogen-bond acceptors (Lipinski definition) is 4. The lowest BCUT2D eigenvalue weighted by Crippen LogP contribution is -2.15. The topological polar surface area (TPSA) is 76.0 Å². The van der Waals surface area contributed by atoms with Crippen LogP contribution in [0.1, 0.15) is 31.2 Å². The Balaban J connectivity index is 1.93. The summed E-state index contributed by atoms with van der Waals surface area (Å²) in [5.41, 5.74) is 1.10. The van der Waals surface area contributed by atoms with E-state index in [4.69, 9.17) is 0 Å². The van der Waals surface area contributed by atoms with Crippen LogP contribution in [0.5, 0.6) is 0 Å². The van der Waals surface area contributed by atoms with E-state index in [1.807, 2.05) is 55.8 Å². The molecule has 0 amide bonds. The van der Waals surface area contributed by atoms with Crippen molar-refractivity contribution < 1.29 is 8.42 Å². The molecule has 6 nitrogen and oxygen atoms in total. The van der Waals surface area contributed by atoms with Crippen LogP contribution in [0.25, 0.3) is 0 Å². The van der Waals surface area contributed by atoms with Crippen molar-refractivity contribution in [3.05, 3.63) is 72.1 Å². The molecule has 2 N–H and O–H groups in total. The van der Waals surface area contributed by atoms with Gasteiger partial charge in [0.25, 0.3) is 10.0 Å². The maximum absolute atomic E-state index is 12.7. The molecule has 0 radical (unpaired) electrons. The first-order valence-electron chi connectivity index (χ1n) is 8.81. The second-order valence-electron chi connectivity index (χ2n) is 6.64. The van der Waals surface area contributed by atoms with Crippen LogP contribution in [0.2, 0.25) is 0 Å². The van der Waals surface area contributed by atoms with Crippen molar-refractivity contribution >= 4 is 21.7 Å². The first kappa shape index (κ1) is 19.0. The Hall–Kier alpha value is -2.80. The van der Waals surface area contributed by atoms with Gasteiger partial charge >= 0.3 is 0 Å². The molecule has 0 aliphatic carbocycles. The number of aromatic nitrogens is 2. The SMILES string of the molecule is CC(C)c1nc(NS(=O)(=O)c2ccccc2)c(NCc2ccccc2)n1C. The van der Waals surface area contributed by atoms with Gasteiger partial charge in [-0.3, -0.25) is 4.72 Å². The lowest BCUT2D eigenvalue weighted by Gasteiger charge is -2.12. The molecule has 7 heteroatoms. The van der Waals surface area contributed by atoms with Gasteiger partial charge in [-0.25, -0.2) is 13.4 Å². The third-order valence-electron chi connectivity index (χ3n) is 4.23. The summed E-state index contributed by atoms with van der Waals surface area (Å²) in [4.78, 5) is 4.75. The molecule has 3 rings (SSSR count). The molecule has 0 bridgehead atoms. The minimum atomic E-state index is -3.71. The molecule has 0 saturated heterocycles. The summed E-state index contributed by atoms with van der Waals surface area (Å²) in [5.74, 6) is 1.90. The second-order valence-corrected chi connectivity index (χ2v) is 8.32. The van der Waals surface area contributed by atoms with Crippen molar-refractivity contribution in [3.63, 3.8) is 0 Å². The van der Waals surface area contributed by atoms with Gasteiger partial charge in [-0.1, -0.05) is 62.4 Å². The Bertz CT molecular complexity index is 997. The normalized spacial score (nSPS) is 11.6. The van der Waals surface area contributed by atoms with E-state index in [0.717, 1.165) is 11.4 Å². The Morgan fingerprint density at radius 1 is 1.00 bits per heavy atom. The molecule has 0 aliphatic heterocycles. The van der Waals surface area contributed by atoms with Crippen LogP contribution in [0.4, 0.5) is 11.6 Å². The summed E-state index contributed by atoms with van der Waals surface area (Å²) in [6.45, 7) is 4.62. The third kappa shape index (κ3) is 4.31.